The lowest BCUT2D eigenvalue weighted by molar-refractivity contribution is 0.534. The zero-order valence-electron chi connectivity index (χ0n) is 8.55. The van der Waals surface area contributed by atoms with Crippen molar-refractivity contribution >= 4 is 11.6 Å². The van der Waals surface area contributed by atoms with Gasteiger partial charge in [0.1, 0.15) is 5.82 Å². The average molecular weight is 228 g/mol. The van der Waals surface area contributed by atoms with E-state index in [2.05, 4.69) is 0 Å². The Balaban J connectivity index is 1.99. The second-order valence-electron chi connectivity index (χ2n) is 4.29. The first-order chi connectivity index (χ1) is 7.16. The van der Waals surface area contributed by atoms with Crippen molar-refractivity contribution in [2.45, 2.75) is 31.7 Å². The summed E-state index contributed by atoms with van der Waals surface area (Å²) < 4.78 is 13.5. The van der Waals surface area contributed by atoms with Crippen LogP contribution in [-0.2, 0) is 0 Å². The predicted octanol–water partition coefficient (Wildman–Crippen LogP) is 3.67. The molecule has 1 aromatic rings. The molecular formula is C12H15ClFN. The molecule has 1 aliphatic carbocycles. The van der Waals surface area contributed by atoms with E-state index in [0.29, 0.717) is 10.6 Å². The molecule has 2 rings (SSSR count). The highest BCUT2D eigenvalue weighted by Gasteiger charge is 2.22. The van der Waals surface area contributed by atoms with Crippen LogP contribution in [0, 0.1) is 11.7 Å². The number of hydrogen-bond donors (Lipinski definition) is 1. The fraction of sp³-hybridized carbons (Fsp3) is 0.500. The van der Waals surface area contributed by atoms with Crippen molar-refractivity contribution in [1.29, 1.82) is 0 Å². The Morgan fingerprint density at radius 2 is 2.20 bits per heavy atom. The molecule has 1 atom stereocenters. The molecule has 0 aliphatic heterocycles. The Bertz CT molecular complexity index is 349. The van der Waals surface area contributed by atoms with E-state index in [1.165, 1.54) is 18.9 Å². The molecule has 1 saturated carbocycles. The molecule has 0 spiro atoms. The maximum Gasteiger partial charge on any atom is 0.129 e. The molecule has 0 bridgehead atoms. The van der Waals surface area contributed by atoms with Crippen LogP contribution in [0.4, 0.5) is 4.39 Å². The van der Waals surface area contributed by atoms with Crippen molar-refractivity contribution in [2.75, 3.05) is 0 Å². The van der Waals surface area contributed by atoms with Crippen molar-refractivity contribution in [2.24, 2.45) is 11.7 Å². The van der Waals surface area contributed by atoms with E-state index in [0.717, 1.165) is 18.8 Å². The fourth-order valence-electron chi connectivity index (χ4n) is 1.78. The van der Waals surface area contributed by atoms with Crippen LogP contribution in [0.15, 0.2) is 18.2 Å². The standard InChI is InChI=1S/C12H15ClFN/c13-9-4-5-10(11(14)7-9)12(15)6-3-8-1-2-8/h4-5,7-8,12H,1-3,6,15H2. The lowest BCUT2D eigenvalue weighted by Gasteiger charge is -2.12. The van der Waals surface area contributed by atoms with Gasteiger partial charge in [-0.05, 0) is 30.9 Å². The van der Waals surface area contributed by atoms with Gasteiger partial charge in [0, 0.05) is 16.6 Å². The van der Waals surface area contributed by atoms with Gasteiger partial charge in [0.25, 0.3) is 0 Å². The molecule has 15 heavy (non-hydrogen) atoms. The van der Waals surface area contributed by atoms with E-state index < -0.39 is 0 Å². The highest BCUT2D eigenvalue weighted by atomic mass is 35.5. The van der Waals surface area contributed by atoms with Crippen LogP contribution >= 0.6 is 11.6 Å². The van der Waals surface area contributed by atoms with Crippen LogP contribution < -0.4 is 5.73 Å². The third-order valence-corrected chi connectivity index (χ3v) is 3.18. The lowest BCUT2D eigenvalue weighted by Crippen LogP contribution is -2.12. The SMILES string of the molecule is NC(CCC1CC1)c1ccc(Cl)cc1F. The van der Waals surface area contributed by atoms with Gasteiger partial charge in [0.2, 0.25) is 0 Å². The first kappa shape index (κ1) is 10.9. The summed E-state index contributed by atoms with van der Waals surface area (Å²) in [7, 11) is 0. The first-order valence-electron chi connectivity index (χ1n) is 5.37. The quantitative estimate of drug-likeness (QED) is 0.835. The van der Waals surface area contributed by atoms with E-state index in [-0.39, 0.29) is 11.9 Å². The Morgan fingerprint density at radius 1 is 1.47 bits per heavy atom. The molecule has 3 heteroatoms. The van der Waals surface area contributed by atoms with Gasteiger partial charge in [-0.25, -0.2) is 4.39 Å². The summed E-state index contributed by atoms with van der Waals surface area (Å²) in [6.07, 6.45) is 4.61. The van der Waals surface area contributed by atoms with Crippen LogP contribution in [0.3, 0.4) is 0 Å². The van der Waals surface area contributed by atoms with Crippen LogP contribution in [0.25, 0.3) is 0 Å². The van der Waals surface area contributed by atoms with Gasteiger partial charge in [0.15, 0.2) is 0 Å². The molecule has 2 N–H and O–H groups in total. The topological polar surface area (TPSA) is 26.0 Å². The van der Waals surface area contributed by atoms with E-state index in [1.54, 1.807) is 12.1 Å². The van der Waals surface area contributed by atoms with Crippen molar-refractivity contribution in [3.63, 3.8) is 0 Å². The molecular weight excluding hydrogens is 213 g/mol. The number of halogens is 2. The Kier molecular flexibility index (Phi) is 3.27. The van der Waals surface area contributed by atoms with Crippen LogP contribution in [0.5, 0.6) is 0 Å². The summed E-state index contributed by atoms with van der Waals surface area (Å²) in [4.78, 5) is 0. The van der Waals surface area contributed by atoms with Crippen molar-refractivity contribution < 1.29 is 4.39 Å². The Morgan fingerprint density at radius 3 is 2.80 bits per heavy atom. The number of hydrogen-bond acceptors (Lipinski definition) is 1. The molecule has 0 aromatic heterocycles. The summed E-state index contributed by atoms with van der Waals surface area (Å²) in [5, 5.41) is 0.422. The van der Waals surface area contributed by atoms with Gasteiger partial charge < -0.3 is 5.73 Å². The van der Waals surface area contributed by atoms with E-state index in [9.17, 15) is 4.39 Å². The minimum atomic E-state index is -0.286. The zero-order chi connectivity index (χ0) is 10.8. The largest absolute Gasteiger partial charge is 0.324 e. The van der Waals surface area contributed by atoms with Gasteiger partial charge in [-0.3, -0.25) is 0 Å². The average Bonchev–Trinajstić information content (AvgIpc) is 2.97. The zero-order valence-corrected chi connectivity index (χ0v) is 9.30. The Hall–Kier alpha value is -0.600. The van der Waals surface area contributed by atoms with Crippen molar-refractivity contribution in [3.8, 4) is 0 Å². The van der Waals surface area contributed by atoms with Gasteiger partial charge in [-0.1, -0.05) is 30.5 Å². The molecule has 1 aliphatic rings. The summed E-state index contributed by atoms with van der Waals surface area (Å²) in [5.74, 6) is 0.553. The normalized spacial score (nSPS) is 17.8. The minimum Gasteiger partial charge on any atom is -0.324 e. The third-order valence-electron chi connectivity index (χ3n) is 2.94. The van der Waals surface area contributed by atoms with E-state index in [4.69, 9.17) is 17.3 Å². The highest BCUT2D eigenvalue weighted by Crippen LogP contribution is 2.35. The molecule has 0 amide bonds. The number of rotatable bonds is 4. The summed E-state index contributed by atoms with van der Waals surface area (Å²) in [5.41, 5.74) is 6.52. The van der Waals surface area contributed by atoms with Gasteiger partial charge >= 0.3 is 0 Å². The molecule has 1 aromatic carbocycles. The second kappa shape index (κ2) is 4.50. The first-order valence-corrected chi connectivity index (χ1v) is 5.75. The minimum absolute atomic E-state index is 0.192. The molecule has 1 fully saturated rings. The number of nitrogens with two attached hydrogens (primary N) is 1. The fourth-order valence-corrected chi connectivity index (χ4v) is 1.94. The van der Waals surface area contributed by atoms with Gasteiger partial charge in [-0.15, -0.1) is 0 Å². The predicted molar refractivity (Wildman–Crippen MR) is 60.3 cm³/mol. The molecule has 0 saturated heterocycles. The lowest BCUT2D eigenvalue weighted by atomic mass is 10.0. The smallest absolute Gasteiger partial charge is 0.129 e. The van der Waals surface area contributed by atoms with Gasteiger partial charge in [0.05, 0.1) is 0 Å². The molecule has 82 valence electrons. The summed E-state index contributed by atoms with van der Waals surface area (Å²) >= 11 is 5.68. The Labute approximate surface area is 94.4 Å². The van der Waals surface area contributed by atoms with Crippen LogP contribution in [0.2, 0.25) is 5.02 Å². The highest BCUT2D eigenvalue weighted by molar-refractivity contribution is 6.30. The molecule has 1 unspecified atom stereocenters. The van der Waals surface area contributed by atoms with Crippen molar-refractivity contribution in [1.82, 2.24) is 0 Å². The second-order valence-corrected chi connectivity index (χ2v) is 4.73. The number of benzene rings is 1. The van der Waals surface area contributed by atoms with Crippen LogP contribution in [-0.4, -0.2) is 0 Å². The summed E-state index contributed by atoms with van der Waals surface area (Å²) in [6, 6.07) is 4.52. The summed E-state index contributed by atoms with van der Waals surface area (Å²) in [6.45, 7) is 0. The molecule has 0 radical (unpaired) electrons. The van der Waals surface area contributed by atoms with Crippen molar-refractivity contribution in [3.05, 3.63) is 34.6 Å². The van der Waals surface area contributed by atoms with E-state index >= 15 is 0 Å². The third kappa shape index (κ3) is 2.93. The molecule has 0 heterocycles. The molecule has 1 nitrogen and oxygen atoms in total. The van der Waals surface area contributed by atoms with E-state index in [1.807, 2.05) is 0 Å². The van der Waals surface area contributed by atoms with Gasteiger partial charge in [-0.2, -0.15) is 0 Å². The maximum absolute atomic E-state index is 13.5. The van der Waals surface area contributed by atoms with Crippen LogP contribution in [0.1, 0.15) is 37.3 Å². The monoisotopic (exact) mass is 227 g/mol. The maximum atomic E-state index is 13.5.